The molecule has 0 aliphatic heterocycles. The SMILES string of the molecule is CC(C)NCC(Cl)CNC(C)C. The average Bonchev–Trinajstić information content (AvgIpc) is 1.96. The Balaban J connectivity index is 3.27. The molecule has 0 fully saturated rings. The van der Waals surface area contributed by atoms with Gasteiger partial charge in [0.1, 0.15) is 0 Å². The summed E-state index contributed by atoms with van der Waals surface area (Å²) in [4.78, 5) is 0. The molecule has 0 aromatic rings. The Kier molecular flexibility index (Phi) is 6.81. The summed E-state index contributed by atoms with van der Waals surface area (Å²) in [6.45, 7) is 10.2. The fourth-order valence-corrected chi connectivity index (χ4v) is 0.978. The zero-order chi connectivity index (χ0) is 9.56. The van der Waals surface area contributed by atoms with Crippen LogP contribution in [0.25, 0.3) is 0 Å². The van der Waals surface area contributed by atoms with Crippen molar-refractivity contribution in [3.8, 4) is 0 Å². The first-order valence-electron chi connectivity index (χ1n) is 4.63. The molecule has 0 unspecified atom stereocenters. The van der Waals surface area contributed by atoms with E-state index in [1.807, 2.05) is 0 Å². The molecule has 2 N–H and O–H groups in total. The van der Waals surface area contributed by atoms with Crippen molar-refractivity contribution < 1.29 is 0 Å². The number of alkyl halides is 1. The first-order valence-corrected chi connectivity index (χ1v) is 5.07. The van der Waals surface area contributed by atoms with Crippen LogP contribution in [0.4, 0.5) is 0 Å². The lowest BCUT2D eigenvalue weighted by Crippen LogP contribution is -2.37. The second-order valence-corrected chi connectivity index (χ2v) is 4.34. The maximum absolute atomic E-state index is 6.04. The van der Waals surface area contributed by atoms with E-state index >= 15 is 0 Å². The van der Waals surface area contributed by atoms with Crippen LogP contribution in [-0.4, -0.2) is 30.6 Å². The van der Waals surface area contributed by atoms with Gasteiger partial charge in [-0.15, -0.1) is 11.6 Å². The molecule has 2 nitrogen and oxygen atoms in total. The number of nitrogens with one attached hydrogen (secondary N) is 2. The van der Waals surface area contributed by atoms with Gasteiger partial charge in [0.2, 0.25) is 0 Å². The van der Waals surface area contributed by atoms with Crippen LogP contribution < -0.4 is 10.6 Å². The van der Waals surface area contributed by atoms with Crippen molar-refractivity contribution in [2.45, 2.75) is 45.2 Å². The average molecular weight is 193 g/mol. The highest BCUT2D eigenvalue weighted by atomic mass is 35.5. The second kappa shape index (κ2) is 6.70. The van der Waals surface area contributed by atoms with Gasteiger partial charge in [-0.25, -0.2) is 0 Å². The third-order valence-electron chi connectivity index (χ3n) is 1.50. The molecule has 0 aromatic carbocycles. The highest BCUT2D eigenvalue weighted by Crippen LogP contribution is 1.93. The lowest BCUT2D eigenvalue weighted by molar-refractivity contribution is 0.527. The summed E-state index contributed by atoms with van der Waals surface area (Å²) in [5, 5.41) is 6.78. The van der Waals surface area contributed by atoms with Crippen molar-refractivity contribution in [2.24, 2.45) is 0 Å². The maximum atomic E-state index is 6.04. The number of hydrogen-bond acceptors (Lipinski definition) is 2. The minimum absolute atomic E-state index is 0.190. The molecule has 0 saturated heterocycles. The van der Waals surface area contributed by atoms with Crippen LogP contribution in [0.2, 0.25) is 0 Å². The topological polar surface area (TPSA) is 24.1 Å². The van der Waals surface area contributed by atoms with Crippen LogP contribution in [-0.2, 0) is 0 Å². The van der Waals surface area contributed by atoms with Crippen LogP contribution in [0.15, 0.2) is 0 Å². The summed E-state index contributed by atoms with van der Waals surface area (Å²) in [6, 6.07) is 1.04. The Morgan fingerprint density at radius 1 is 0.917 bits per heavy atom. The van der Waals surface area contributed by atoms with Crippen LogP contribution in [0.3, 0.4) is 0 Å². The normalized spacial score (nSPS) is 12.0. The zero-order valence-electron chi connectivity index (χ0n) is 8.52. The number of rotatable bonds is 6. The van der Waals surface area contributed by atoms with Gasteiger partial charge in [0.15, 0.2) is 0 Å². The zero-order valence-corrected chi connectivity index (χ0v) is 9.28. The molecule has 0 aromatic heterocycles. The summed E-state index contributed by atoms with van der Waals surface area (Å²) >= 11 is 6.04. The Morgan fingerprint density at radius 3 is 1.50 bits per heavy atom. The molecule has 74 valence electrons. The van der Waals surface area contributed by atoms with Gasteiger partial charge >= 0.3 is 0 Å². The highest BCUT2D eigenvalue weighted by molar-refractivity contribution is 6.21. The molecule has 0 spiro atoms. The van der Waals surface area contributed by atoms with Crippen LogP contribution in [0.1, 0.15) is 27.7 Å². The summed E-state index contributed by atoms with van der Waals surface area (Å²) in [5.74, 6) is 0. The van der Waals surface area contributed by atoms with Gasteiger partial charge in [-0.3, -0.25) is 0 Å². The van der Waals surface area contributed by atoms with Gasteiger partial charge in [0, 0.05) is 25.2 Å². The largest absolute Gasteiger partial charge is 0.313 e. The maximum Gasteiger partial charge on any atom is 0.0585 e. The number of halogens is 1. The van der Waals surface area contributed by atoms with E-state index in [9.17, 15) is 0 Å². The van der Waals surface area contributed by atoms with Crippen LogP contribution >= 0.6 is 11.6 Å². The summed E-state index contributed by atoms with van der Waals surface area (Å²) < 4.78 is 0. The lowest BCUT2D eigenvalue weighted by atomic mass is 10.3. The Labute approximate surface area is 81.1 Å². The molecule has 0 aliphatic carbocycles. The first-order chi connectivity index (χ1) is 5.52. The van der Waals surface area contributed by atoms with E-state index in [0.717, 1.165) is 13.1 Å². The van der Waals surface area contributed by atoms with Crippen LogP contribution in [0.5, 0.6) is 0 Å². The fraction of sp³-hybridized carbons (Fsp3) is 1.00. The van der Waals surface area contributed by atoms with E-state index in [0.29, 0.717) is 12.1 Å². The van der Waals surface area contributed by atoms with Gasteiger partial charge in [-0.1, -0.05) is 27.7 Å². The third-order valence-corrected chi connectivity index (χ3v) is 1.80. The van der Waals surface area contributed by atoms with Crippen molar-refractivity contribution in [3.05, 3.63) is 0 Å². The predicted octanol–water partition coefficient (Wildman–Crippen LogP) is 1.59. The van der Waals surface area contributed by atoms with Crippen molar-refractivity contribution in [1.82, 2.24) is 10.6 Å². The second-order valence-electron chi connectivity index (χ2n) is 3.72. The lowest BCUT2D eigenvalue weighted by Gasteiger charge is -2.15. The fourth-order valence-electron chi connectivity index (χ4n) is 0.799. The van der Waals surface area contributed by atoms with Crippen molar-refractivity contribution in [3.63, 3.8) is 0 Å². The molecule has 12 heavy (non-hydrogen) atoms. The molecule has 0 atom stereocenters. The van der Waals surface area contributed by atoms with E-state index < -0.39 is 0 Å². The predicted molar refractivity (Wildman–Crippen MR) is 55.9 cm³/mol. The Bertz CT molecular complexity index is 92.7. The standard InChI is InChI=1S/C9H21ClN2/c1-7(2)11-5-9(10)6-12-8(3)4/h7-9,11-12H,5-6H2,1-4H3. The van der Waals surface area contributed by atoms with Crippen molar-refractivity contribution in [2.75, 3.05) is 13.1 Å². The van der Waals surface area contributed by atoms with E-state index in [2.05, 4.69) is 38.3 Å². The molecule has 0 radical (unpaired) electrons. The molecular formula is C9H21ClN2. The molecule has 0 bridgehead atoms. The van der Waals surface area contributed by atoms with Gasteiger partial charge in [0.05, 0.1) is 5.38 Å². The Hall–Kier alpha value is 0.210. The molecule has 0 amide bonds. The quantitative estimate of drug-likeness (QED) is 0.625. The summed E-state index contributed by atoms with van der Waals surface area (Å²) in [6.07, 6.45) is 0. The molecule has 0 saturated carbocycles. The van der Waals surface area contributed by atoms with Crippen molar-refractivity contribution in [1.29, 1.82) is 0 Å². The van der Waals surface area contributed by atoms with E-state index in [4.69, 9.17) is 11.6 Å². The smallest absolute Gasteiger partial charge is 0.0585 e. The molecule has 3 heteroatoms. The van der Waals surface area contributed by atoms with Gasteiger partial charge in [-0.2, -0.15) is 0 Å². The minimum atomic E-state index is 0.190. The molecule has 0 heterocycles. The van der Waals surface area contributed by atoms with Crippen LogP contribution in [0, 0.1) is 0 Å². The molecule has 0 aliphatic rings. The van der Waals surface area contributed by atoms with E-state index in [1.165, 1.54) is 0 Å². The number of hydrogen-bond donors (Lipinski definition) is 2. The summed E-state index contributed by atoms with van der Waals surface area (Å²) in [7, 11) is 0. The van der Waals surface area contributed by atoms with Gasteiger partial charge in [-0.05, 0) is 0 Å². The van der Waals surface area contributed by atoms with Gasteiger partial charge < -0.3 is 10.6 Å². The molecule has 0 rings (SSSR count). The molecular weight excluding hydrogens is 172 g/mol. The monoisotopic (exact) mass is 192 g/mol. The summed E-state index contributed by atoms with van der Waals surface area (Å²) in [5.41, 5.74) is 0. The van der Waals surface area contributed by atoms with E-state index in [-0.39, 0.29) is 5.38 Å². The van der Waals surface area contributed by atoms with Gasteiger partial charge in [0.25, 0.3) is 0 Å². The third kappa shape index (κ3) is 8.31. The Morgan fingerprint density at radius 2 is 1.25 bits per heavy atom. The van der Waals surface area contributed by atoms with E-state index in [1.54, 1.807) is 0 Å². The minimum Gasteiger partial charge on any atom is -0.313 e. The van der Waals surface area contributed by atoms with Crippen molar-refractivity contribution >= 4 is 11.6 Å². The first kappa shape index (κ1) is 12.2. The highest BCUT2D eigenvalue weighted by Gasteiger charge is 2.04.